The minimum Gasteiger partial charge on any atom is -0.359 e. The molecule has 5 heteroatoms. The highest BCUT2D eigenvalue weighted by molar-refractivity contribution is 5.82. The van der Waals surface area contributed by atoms with Crippen molar-refractivity contribution in [1.29, 1.82) is 0 Å². The molecule has 2 rings (SSSR count). The summed E-state index contributed by atoms with van der Waals surface area (Å²) in [5.41, 5.74) is 0.834. The van der Waals surface area contributed by atoms with E-state index in [0.717, 1.165) is 50.3 Å². The summed E-state index contributed by atoms with van der Waals surface area (Å²) in [6.45, 7) is 6.74. The van der Waals surface area contributed by atoms with Gasteiger partial charge < -0.3 is 5.32 Å². The molecule has 0 radical (unpaired) electrons. The summed E-state index contributed by atoms with van der Waals surface area (Å²) in [7, 11) is 1.71. The van der Waals surface area contributed by atoms with Crippen LogP contribution in [0.25, 0.3) is 0 Å². The molecule has 1 fully saturated rings. The van der Waals surface area contributed by atoms with Gasteiger partial charge in [0.1, 0.15) is 5.82 Å². The predicted octanol–water partition coefficient (Wildman–Crippen LogP) is 1.39. The minimum absolute atomic E-state index is 0.139. The van der Waals surface area contributed by atoms with Crippen molar-refractivity contribution < 1.29 is 4.79 Å². The number of amides is 1. The number of hydrogen-bond acceptors (Lipinski definition) is 4. The molecule has 0 bridgehead atoms. The van der Waals surface area contributed by atoms with Crippen LogP contribution in [0.3, 0.4) is 0 Å². The van der Waals surface area contributed by atoms with Gasteiger partial charge in [-0.05, 0) is 26.3 Å². The Bertz CT molecular complexity index is 459. The van der Waals surface area contributed by atoms with Gasteiger partial charge in [-0.2, -0.15) is 0 Å². The van der Waals surface area contributed by atoms with Crippen LogP contribution in [0, 0.1) is 5.41 Å². The Morgan fingerprint density at radius 3 is 2.75 bits per heavy atom. The fourth-order valence-electron chi connectivity index (χ4n) is 2.87. The second kappa shape index (κ2) is 6.31. The number of piperidine rings is 1. The van der Waals surface area contributed by atoms with E-state index in [0.29, 0.717) is 0 Å². The molecule has 1 aliphatic rings. The van der Waals surface area contributed by atoms with Crippen LogP contribution >= 0.6 is 0 Å². The van der Waals surface area contributed by atoms with Crippen LogP contribution in [-0.2, 0) is 17.8 Å². The SMILES string of the molecule is CCc1ncc(CN2CCCC(C)(C(=O)NC)C2)cn1. The van der Waals surface area contributed by atoms with E-state index >= 15 is 0 Å². The minimum atomic E-state index is -0.281. The molecule has 1 N–H and O–H groups in total. The largest absolute Gasteiger partial charge is 0.359 e. The molecule has 0 saturated carbocycles. The van der Waals surface area contributed by atoms with Gasteiger partial charge >= 0.3 is 0 Å². The molecule has 0 spiro atoms. The lowest BCUT2D eigenvalue weighted by Gasteiger charge is -2.39. The van der Waals surface area contributed by atoms with Crippen LogP contribution in [0.1, 0.15) is 38.1 Å². The summed E-state index contributed by atoms with van der Waals surface area (Å²) >= 11 is 0. The summed E-state index contributed by atoms with van der Waals surface area (Å²) in [5.74, 6) is 1.02. The quantitative estimate of drug-likeness (QED) is 0.903. The maximum absolute atomic E-state index is 12.0. The average molecular weight is 276 g/mol. The predicted molar refractivity (Wildman–Crippen MR) is 78.1 cm³/mol. The first-order valence-electron chi connectivity index (χ1n) is 7.32. The first-order valence-corrected chi connectivity index (χ1v) is 7.32. The van der Waals surface area contributed by atoms with Crippen LogP contribution < -0.4 is 5.32 Å². The Kier molecular flexibility index (Phi) is 4.70. The van der Waals surface area contributed by atoms with Gasteiger partial charge in [0.25, 0.3) is 0 Å². The maximum Gasteiger partial charge on any atom is 0.226 e. The topological polar surface area (TPSA) is 58.1 Å². The molecule has 110 valence electrons. The summed E-state index contributed by atoms with van der Waals surface area (Å²) in [5, 5.41) is 2.78. The number of likely N-dealkylation sites (tertiary alicyclic amines) is 1. The molecule has 1 aliphatic heterocycles. The standard InChI is InChI=1S/C15H24N4O/c1-4-13-17-8-12(9-18-13)10-19-7-5-6-15(2,11-19)14(20)16-3/h8-9H,4-7,10-11H2,1-3H3,(H,16,20). The van der Waals surface area contributed by atoms with E-state index in [-0.39, 0.29) is 11.3 Å². The van der Waals surface area contributed by atoms with Crippen molar-refractivity contribution in [2.24, 2.45) is 5.41 Å². The van der Waals surface area contributed by atoms with E-state index in [1.807, 2.05) is 12.4 Å². The third-order valence-electron chi connectivity index (χ3n) is 4.03. The Hall–Kier alpha value is -1.49. The van der Waals surface area contributed by atoms with Gasteiger partial charge in [-0.1, -0.05) is 6.92 Å². The third-order valence-corrected chi connectivity index (χ3v) is 4.03. The van der Waals surface area contributed by atoms with Gasteiger partial charge in [0, 0.05) is 44.5 Å². The van der Waals surface area contributed by atoms with Gasteiger partial charge in [-0.3, -0.25) is 9.69 Å². The number of hydrogen-bond donors (Lipinski definition) is 1. The number of aromatic nitrogens is 2. The van der Waals surface area contributed by atoms with Crippen molar-refractivity contribution in [1.82, 2.24) is 20.2 Å². The number of carbonyl (C=O) groups is 1. The second-order valence-corrected chi connectivity index (χ2v) is 5.82. The molecule has 1 atom stereocenters. The van der Waals surface area contributed by atoms with Gasteiger partial charge in [-0.15, -0.1) is 0 Å². The highest BCUT2D eigenvalue weighted by Gasteiger charge is 2.37. The zero-order valence-corrected chi connectivity index (χ0v) is 12.6. The van der Waals surface area contributed by atoms with Crippen molar-refractivity contribution in [2.45, 2.75) is 39.7 Å². The van der Waals surface area contributed by atoms with E-state index in [1.54, 1.807) is 7.05 Å². The van der Waals surface area contributed by atoms with E-state index in [1.165, 1.54) is 0 Å². The average Bonchev–Trinajstić information content (AvgIpc) is 2.47. The van der Waals surface area contributed by atoms with Gasteiger partial charge in [-0.25, -0.2) is 9.97 Å². The zero-order valence-electron chi connectivity index (χ0n) is 12.6. The van der Waals surface area contributed by atoms with Crippen molar-refractivity contribution in [3.05, 3.63) is 23.8 Å². The summed E-state index contributed by atoms with van der Waals surface area (Å²) < 4.78 is 0. The van der Waals surface area contributed by atoms with E-state index < -0.39 is 0 Å². The summed E-state index contributed by atoms with van der Waals surface area (Å²) in [6.07, 6.45) is 6.67. The Morgan fingerprint density at radius 2 is 2.15 bits per heavy atom. The normalized spacial score (nSPS) is 23.6. The molecule has 1 aromatic heterocycles. The molecule has 1 saturated heterocycles. The molecule has 0 aromatic carbocycles. The molecular formula is C15H24N4O. The first-order chi connectivity index (χ1) is 9.57. The molecule has 1 amide bonds. The summed E-state index contributed by atoms with van der Waals surface area (Å²) in [4.78, 5) is 23.0. The number of rotatable bonds is 4. The van der Waals surface area contributed by atoms with E-state index in [2.05, 4.69) is 34.0 Å². The second-order valence-electron chi connectivity index (χ2n) is 5.82. The monoisotopic (exact) mass is 276 g/mol. The van der Waals surface area contributed by atoms with Crippen LogP contribution in [-0.4, -0.2) is 40.9 Å². The lowest BCUT2D eigenvalue weighted by molar-refractivity contribution is -0.132. The smallest absolute Gasteiger partial charge is 0.226 e. The summed E-state index contributed by atoms with van der Waals surface area (Å²) in [6, 6.07) is 0. The number of aryl methyl sites for hydroxylation is 1. The van der Waals surface area contributed by atoms with Gasteiger partial charge in [0.05, 0.1) is 5.41 Å². The zero-order chi connectivity index (χ0) is 14.6. The fourth-order valence-corrected chi connectivity index (χ4v) is 2.87. The van der Waals surface area contributed by atoms with Crippen LogP contribution in [0.5, 0.6) is 0 Å². The first kappa shape index (κ1) is 14.9. The van der Waals surface area contributed by atoms with E-state index in [4.69, 9.17) is 0 Å². The van der Waals surface area contributed by atoms with Gasteiger partial charge in [0.15, 0.2) is 0 Å². The number of nitrogens with one attached hydrogen (secondary N) is 1. The van der Waals surface area contributed by atoms with Crippen molar-refractivity contribution in [3.8, 4) is 0 Å². The Labute approximate surface area is 120 Å². The van der Waals surface area contributed by atoms with Crippen LogP contribution in [0.4, 0.5) is 0 Å². The van der Waals surface area contributed by atoms with Crippen LogP contribution in [0.2, 0.25) is 0 Å². The number of carbonyl (C=O) groups excluding carboxylic acids is 1. The maximum atomic E-state index is 12.0. The van der Waals surface area contributed by atoms with Crippen LogP contribution in [0.15, 0.2) is 12.4 Å². The molecular weight excluding hydrogens is 252 g/mol. The Balaban J connectivity index is 2.00. The van der Waals surface area contributed by atoms with E-state index in [9.17, 15) is 4.79 Å². The van der Waals surface area contributed by atoms with Crippen molar-refractivity contribution in [3.63, 3.8) is 0 Å². The third kappa shape index (κ3) is 3.33. The molecule has 1 unspecified atom stereocenters. The highest BCUT2D eigenvalue weighted by atomic mass is 16.2. The molecule has 1 aromatic rings. The highest BCUT2D eigenvalue weighted by Crippen LogP contribution is 2.30. The lowest BCUT2D eigenvalue weighted by atomic mass is 9.81. The van der Waals surface area contributed by atoms with Crippen molar-refractivity contribution in [2.75, 3.05) is 20.1 Å². The van der Waals surface area contributed by atoms with Gasteiger partial charge in [0.2, 0.25) is 5.91 Å². The molecule has 20 heavy (non-hydrogen) atoms. The number of nitrogens with zero attached hydrogens (tertiary/aromatic N) is 3. The molecule has 0 aliphatic carbocycles. The fraction of sp³-hybridized carbons (Fsp3) is 0.667. The lowest BCUT2D eigenvalue weighted by Crippen LogP contribution is -2.49. The molecule has 5 nitrogen and oxygen atoms in total. The van der Waals surface area contributed by atoms with Crippen molar-refractivity contribution >= 4 is 5.91 Å². The Morgan fingerprint density at radius 1 is 1.45 bits per heavy atom. The molecule has 2 heterocycles.